The predicted molar refractivity (Wildman–Crippen MR) is 139 cm³/mol. The van der Waals surface area contributed by atoms with Gasteiger partial charge in [0.2, 0.25) is 18.0 Å². The molecule has 1 aliphatic carbocycles. The minimum atomic E-state index is -4.54. The Morgan fingerprint density at radius 2 is 1.87 bits per heavy atom. The Morgan fingerprint density at radius 1 is 1.18 bits per heavy atom. The number of benzene rings is 2. The number of nitrogens with zero attached hydrogens (tertiary/aromatic N) is 1. The zero-order valence-electron chi connectivity index (χ0n) is 21.1. The van der Waals surface area contributed by atoms with Crippen molar-refractivity contribution in [2.75, 3.05) is 12.4 Å². The molecule has 2 aliphatic rings. The molecular formula is C27H28ClF3N4O4. The summed E-state index contributed by atoms with van der Waals surface area (Å²) in [5.74, 6) is -4.50. The largest absolute Gasteiger partial charge is 0.495 e. The van der Waals surface area contributed by atoms with Gasteiger partial charge < -0.3 is 21.1 Å². The number of alkyl halides is 3. The minimum absolute atomic E-state index is 0.126. The van der Waals surface area contributed by atoms with Crippen molar-refractivity contribution in [1.29, 1.82) is 0 Å². The maximum atomic E-state index is 13.4. The fraction of sp³-hybridized carbons (Fsp3) is 0.407. The maximum absolute atomic E-state index is 13.4. The fourth-order valence-electron chi connectivity index (χ4n) is 4.68. The standard InChI is InChI=1S/C27H28ClF3N4O4/c1-39-20-4-2-3-18-21(15-7-9-16(28)10-8-15)33-24(26(38)34-22(18)20)35-25(37)17(11-12-27(29,30)31)19(23(32)36)13-14-5-6-14/h2-4,7-10,14,17,19,24H,5-6,11-13H2,1H3,(H2,32,36)(H,34,38)(H,35,37)/t17-,19+,24-/m1/s1. The van der Waals surface area contributed by atoms with E-state index in [9.17, 15) is 27.6 Å². The van der Waals surface area contributed by atoms with Crippen molar-refractivity contribution >= 4 is 40.7 Å². The van der Waals surface area contributed by atoms with Crippen LogP contribution in [0.25, 0.3) is 0 Å². The Labute approximate surface area is 228 Å². The molecule has 39 heavy (non-hydrogen) atoms. The number of nitrogens with one attached hydrogen (secondary N) is 2. The third kappa shape index (κ3) is 7.08. The highest BCUT2D eigenvalue weighted by atomic mass is 35.5. The quantitative estimate of drug-likeness (QED) is 0.395. The first-order valence-corrected chi connectivity index (χ1v) is 12.8. The van der Waals surface area contributed by atoms with Gasteiger partial charge in [0.1, 0.15) is 5.75 Å². The molecule has 0 radical (unpaired) electrons. The molecule has 3 atom stereocenters. The van der Waals surface area contributed by atoms with E-state index in [2.05, 4.69) is 15.6 Å². The number of halogens is 4. The van der Waals surface area contributed by atoms with Crippen LogP contribution in [0.2, 0.25) is 5.02 Å². The Balaban J connectivity index is 1.70. The highest BCUT2D eigenvalue weighted by molar-refractivity contribution is 6.31. The number of para-hydroxylation sites is 1. The first-order chi connectivity index (χ1) is 18.5. The molecule has 1 fully saturated rings. The summed E-state index contributed by atoms with van der Waals surface area (Å²) < 4.78 is 44.8. The van der Waals surface area contributed by atoms with Crippen LogP contribution in [0.15, 0.2) is 47.5 Å². The molecular weight excluding hydrogens is 537 g/mol. The van der Waals surface area contributed by atoms with Crippen LogP contribution < -0.4 is 21.1 Å². The highest BCUT2D eigenvalue weighted by Crippen LogP contribution is 2.39. The molecule has 0 bridgehead atoms. The van der Waals surface area contributed by atoms with Gasteiger partial charge in [-0.15, -0.1) is 0 Å². The number of carbonyl (C=O) groups excluding carboxylic acids is 3. The Bertz CT molecular complexity index is 1280. The van der Waals surface area contributed by atoms with Crippen molar-refractivity contribution in [3.63, 3.8) is 0 Å². The van der Waals surface area contributed by atoms with Gasteiger partial charge in [-0.25, -0.2) is 4.99 Å². The summed E-state index contributed by atoms with van der Waals surface area (Å²) in [7, 11) is 1.43. The molecule has 3 amide bonds. The second-order valence-electron chi connectivity index (χ2n) is 9.72. The molecule has 0 unspecified atom stereocenters. The average Bonchev–Trinajstić information content (AvgIpc) is 3.71. The molecule has 4 N–H and O–H groups in total. The predicted octanol–water partition coefficient (Wildman–Crippen LogP) is 4.44. The molecule has 1 heterocycles. The summed E-state index contributed by atoms with van der Waals surface area (Å²) >= 11 is 6.04. The van der Waals surface area contributed by atoms with Gasteiger partial charge in [-0.05, 0) is 37.0 Å². The smallest absolute Gasteiger partial charge is 0.389 e. The van der Waals surface area contributed by atoms with Gasteiger partial charge in [0, 0.05) is 34.4 Å². The number of carbonyl (C=O) groups is 3. The molecule has 8 nitrogen and oxygen atoms in total. The van der Waals surface area contributed by atoms with Crippen molar-refractivity contribution < 1.29 is 32.3 Å². The summed E-state index contributed by atoms with van der Waals surface area (Å²) in [4.78, 5) is 43.5. The van der Waals surface area contributed by atoms with Crippen LogP contribution in [0.5, 0.6) is 5.75 Å². The molecule has 12 heteroatoms. The van der Waals surface area contributed by atoms with Gasteiger partial charge in [0.25, 0.3) is 5.91 Å². The van der Waals surface area contributed by atoms with Crippen LogP contribution in [0, 0.1) is 17.8 Å². The lowest BCUT2D eigenvalue weighted by atomic mass is 9.83. The summed E-state index contributed by atoms with van der Waals surface area (Å²) in [6.07, 6.45) is -6.14. The number of anilines is 1. The number of nitrogens with two attached hydrogens (primary N) is 1. The number of amides is 3. The van der Waals surface area contributed by atoms with E-state index in [0.29, 0.717) is 33.3 Å². The summed E-state index contributed by atoms with van der Waals surface area (Å²) in [5, 5.41) is 5.65. The third-order valence-corrected chi connectivity index (χ3v) is 7.12. The van der Waals surface area contributed by atoms with Gasteiger partial charge >= 0.3 is 6.18 Å². The van der Waals surface area contributed by atoms with Gasteiger partial charge in [-0.2, -0.15) is 13.2 Å². The number of primary amides is 1. The Morgan fingerprint density at radius 3 is 2.46 bits per heavy atom. The molecule has 1 aliphatic heterocycles. The number of fused-ring (bicyclic) bond motifs is 1. The second kappa shape index (κ2) is 11.6. The van der Waals surface area contributed by atoms with E-state index < -0.39 is 54.7 Å². The topological polar surface area (TPSA) is 123 Å². The van der Waals surface area contributed by atoms with Gasteiger partial charge in [0.05, 0.1) is 18.5 Å². The number of hydrogen-bond donors (Lipinski definition) is 3. The maximum Gasteiger partial charge on any atom is 0.389 e. The van der Waals surface area contributed by atoms with Crippen molar-refractivity contribution in [3.05, 3.63) is 58.6 Å². The Kier molecular flexibility index (Phi) is 8.48. The van der Waals surface area contributed by atoms with Crippen LogP contribution in [-0.4, -0.2) is 42.9 Å². The van der Waals surface area contributed by atoms with E-state index in [0.717, 1.165) is 12.8 Å². The Hall–Kier alpha value is -3.60. The van der Waals surface area contributed by atoms with Crippen LogP contribution in [0.4, 0.5) is 18.9 Å². The van der Waals surface area contributed by atoms with E-state index >= 15 is 0 Å². The zero-order chi connectivity index (χ0) is 28.3. The lowest BCUT2D eigenvalue weighted by Gasteiger charge is -2.26. The first kappa shape index (κ1) is 28.4. The fourth-order valence-corrected chi connectivity index (χ4v) is 4.81. The molecule has 2 aromatic carbocycles. The summed E-state index contributed by atoms with van der Waals surface area (Å²) in [6.45, 7) is 0. The summed E-state index contributed by atoms with van der Waals surface area (Å²) in [5.41, 5.74) is 7.25. The van der Waals surface area contributed by atoms with E-state index in [1.165, 1.54) is 7.11 Å². The van der Waals surface area contributed by atoms with Crippen LogP contribution in [0.3, 0.4) is 0 Å². The van der Waals surface area contributed by atoms with Gasteiger partial charge in [-0.1, -0.05) is 48.7 Å². The number of benzodiazepines with no additional fused rings is 1. The average molecular weight is 565 g/mol. The monoisotopic (exact) mass is 564 g/mol. The lowest BCUT2D eigenvalue weighted by Crippen LogP contribution is -2.48. The van der Waals surface area contributed by atoms with Crippen molar-refractivity contribution in [2.45, 2.75) is 44.4 Å². The molecule has 0 aromatic heterocycles. The number of ether oxygens (including phenoxy) is 1. The zero-order valence-corrected chi connectivity index (χ0v) is 21.8. The van der Waals surface area contributed by atoms with Crippen molar-refractivity contribution in [1.82, 2.24) is 5.32 Å². The third-order valence-electron chi connectivity index (χ3n) is 6.86. The van der Waals surface area contributed by atoms with E-state index in [-0.39, 0.29) is 12.3 Å². The van der Waals surface area contributed by atoms with Gasteiger partial charge in [0.15, 0.2) is 0 Å². The van der Waals surface area contributed by atoms with Crippen LogP contribution >= 0.6 is 11.6 Å². The van der Waals surface area contributed by atoms with Gasteiger partial charge in [-0.3, -0.25) is 14.4 Å². The summed E-state index contributed by atoms with van der Waals surface area (Å²) in [6, 6.07) is 11.7. The van der Waals surface area contributed by atoms with E-state index in [1.54, 1.807) is 42.5 Å². The highest BCUT2D eigenvalue weighted by Gasteiger charge is 2.41. The molecule has 0 saturated heterocycles. The second-order valence-corrected chi connectivity index (χ2v) is 10.2. The lowest BCUT2D eigenvalue weighted by molar-refractivity contribution is -0.146. The number of methoxy groups -OCH3 is 1. The molecule has 1 saturated carbocycles. The van der Waals surface area contributed by atoms with Crippen LogP contribution in [0.1, 0.15) is 43.2 Å². The van der Waals surface area contributed by atoms with E-state index in [4.69, 9.17) is 22.1 Å². The molecule has 2 aromatic rings. The molecule has 208 valence electrons. The number of aliphatic imine (C=N–C) groups is 1. The molecule has 4 rings (SSSR count). The number of hydrogen-bond acceptors (Lipinski definition) is 5. The van der Waals surface area contributed by atoms with Crippen molar-refractivity contribution in [3.8, 4) is 5.75 Å². The van der Waals surface area contributed by atoms with Crippen molar-refractivity contribution in [2.24, 2.45) is 28.5 Å². The molecule has 0 spiro atoms. The minimum Gasteiger partial charge on any atom is -0.495 e. The first-order valence-electron chi connectivity index (χ1n) is 12.4. The van der Waals surface area contributed by atoms with E-state index in [1.807, 2.05) is 0 Å². The number of rotatable bonds is 10. The normalized spacial score (nSPS) is 18.6. The SMILES string of the molecule is COc1cccc2c1NC(=O)[C@@H](NC(=O)[C@H](CCC(F)(F)F)[C@H](CC1CC1)C(N)=O)N=C2c1ccc(Cl)cc1. The van der Waals surface area contributed by atoms with Crippen LogP contribution in [-0.2, 0) is 14.4 Å².